The van der Waals surface area contributed by atoms with Gasteiger partial charge in [-0.1, -0.05) is 32.0 Å². The van der Waals surface area contributed by atoms with E-state index in [0.717, 1.165) is 28.2 Å². The molecule has 1 N–H and O–H groups in total. The molecule has 0 radical (unpaired) electrons. The Kier molecular flexibility index (Phi) is 4.51. The summed E-state index contributed by atoms with van der Waals surface area (Å²) in [5.74, 6) is -0.479. The second-order valence-electron chi connectivity index (χ2n) is 9.46. The van der Waals surface area contributed by atoms with Gasteiger partial charge in [0.1, 0.15) is 11.4 Å². The molecule has 0 unspecified atom stereocenters. The summed E-state index contributed by atoms with van der Waals surface area (Å²) in [6.45, 7) is 5.61. The first-order valence-corrected chi connectivity index (χ1v) is 10.6. The number of aromatic hydroxyl groups is 1. The lowest BCUT2D eigenvalue weighted by atomic mass is 9.94. The fourth-order valence-electron chi connectivity index (χ4n) is 4.22. The van der Waals surface area contributed by atoms with Crippen molar-refractivity contribution in [1.82, 2.24) is 9.78 Å². The molecular weight excluding hydrogens is 390 g/mol. The number of nitrogens with zero attached hydrogens (tertiary/aromatic N) is 3. The largest absolute Gasteiger partial charge is 0.506 e. The molecule has 0 saturated carbocycles. The number of para-hydroxylation sites is 2. The maximum absolute atomic E-state index is 10.5. The van der Waals surface area contributed by atoms with Gasteiger partial charge in [-0.05, 0) is 30.3 Å². The van der Waals surface area contributed by atoms with Crippen LogP contribution in [-0.2, 0) is 22.3 Å². The van der Waals surface area contributed by atoms with E-state index < -0.39 is 5.79 Å². The van der Waals surface area contributed by atoms with Crippen LogP contribution < -0.4 is 4.90 Å². The number of anilines is 1. The summed E-state index contributed by atoms with van der Waals surface area (Å²) in [6, 6.07) is 17.8. The van der Waals surface area contributed by atoms with Gasteiger partial charge in [-0.2, -0.15) is 5.10 Å². The van der Waals surface area contributed by atoms with Gasteiger partial charge in [0, 0.05) is 37.9 Å². The number of phenols is 1. The van der Waals surface area contributed by atoms with Crippen molar-refractivity contribution >= 4 is 5.69 Å². The minimum Gasteiger partial charge on any atom is -0.506 e. The van der Waals surface area contributed by atoms with Gasteiger partial charge in [0.2, 0.25) is 0 Å². The molecule has 1 aliphatic heterocycles. The summed E-state index contributed by atoms with van der Waals surface area (Å²) in [7, 11) is 3.96. The molecule has 0 amide bonds. The normalized spacial score (nSPS) is 18.6. The Hall–Kier alpha value is -3.01. The summed E-state index contributed by atoms with van der Waals surface area (Å²) in [4.78, 5) is 1.99. The van der Waals surface area contributed by atoms with Crippen molar-refractivity contribution in [3.05, 3.63) is 59.8 Å². The highest BCUT2D eigenvalue weighted by Gasteiger charge is 2.48. The van der Waals surface area contributed by atoms with Crippen LogP contribution in [0.25, 0.3) is 16.9 Å². The molecule has 1 aliphatic carbocycles. The van der Waals surface area contributed by atoms with E-state index in [0.29, 0.717) is 31.7 Å². The lowest BCUT2D eigenvalue weighted by molar-refractivity contribution is -0.293. The average molecular weight is 418 g/mol. The minimum atomic E-state index is -0.660. The molecule has 1 fully saturated rings. The second kappa shape index (κ2) is 7.01. The van der Waals surface area contributed by atoms with Gasteiger partial charge in [-0.3, -0.25) is 0 Å². The highest BCUT2D eigenvalue weighted by atomic mass is 16.7. The molecule has 3 aromatic rings. The van der Waals surface area contributed by atoms with Gasteiger partial charge in [0.05, 0.1) is 35.9 Å². The number of aromatic nitrogens is 2. The van der Waals surface area contributed by atoms with Crippen LogP contribution in [0.15, 0.2) is 36.4 Å². The van der Waals surface area contributed by atoms with Gasteiger partial charge in [0.25, 0.3) is 0 Å². The Labute approximate surface area is 183 Å². The fourth-order valence-corrected chi connectivity index (χ4v) is 4.22. The Bertz CT molecular complexity index is 1110. The Morgan fingerprint density at radius 1 is 1.03 bits per heavy atom. The topological polar surface area (TPSA) is 59.8 Å². The van der Waals surface area contributed by atoms with Crippen molar-refractivity contribution in [2.75, 3.05) is 32.2 Å². The van der Waals surface area contributed by atoms with Crippen LogP contribution in [0.3, 0.4) is 0 Å². The predicted octanol–water partition coefficient (Wildman–Crippen LogP) is 3.78. The van der Waals surface area contributed by atoms with Gasteiger partial charge in [-0.15, -0.1) is 0 Å². The predicted molar refractivity (Wildman–Crippen MR) is 118 cm³/mol. The van der Waals surface area contributed by atoms with Crippen LogP contribution in [0.4, 0.5) is 5.69 Å². The molecule has 2 heterocycles. The van der Waals surface area contributed by atoms with Crippen LogP contribution in [0, 0.1) is 17.5 Å². The molecule has 160 valence electrons. The van der Waals surface area contributed by atoms with E-state index >= 15 is 0 Å². The Balaban J connectivity index is 1.60. The number of hydrogen-bond acceptors (Lipinski definition) is 5. The summed E-state index contributed by atoms with van der Waals surface area (Å²) >= 11 is 0. The number of phenolic OH excluding ortho intramolecular Hbond substituents is 1. The summed E-state index contributed by atoms with van der Waals surface area (Å²) in [6.07, 6.45) is 1.20. The number of benzene rings is 1. The van der Waals surface area contributed by atoms with Crippen LogP contribution in [-0.4, -0.2) is 48.0 Å². The zero-order chi connectivity index (χ0) is 21.8. The lowest BCUT2D eigenvalue weighted by Gasteiger charge is -2.41. The van der Waals surface area contributed by atoms with Crippen molar-refractivity contribution in [3.63, 3.8) is 0 Å². The second-order valence-corrected chi connectivity index (χ2v) is 9.46. The minimum absolute atomic E-state index is 0.00851. The highest BCUT2D eigenvalue weighted by molar-refractivity contribution is 5.69. The standard InChI is InChI=1S/C25H27N3O3/c1-24(2)15-30-25(31-16-24)13-19-20(14-25)26-28(21-7-5-6-8-22(21)29)23(19)17-9-11-18(12-10-17)27(3)4/h5-9,11,29H,13-16H2,1-4H3. The van der Waals surface area contributed by atoms with Crippen LogP contribution in [0.1, 0.15) is 25.1 Å². The van der Waals surface area contributed by atoms with E-state index in [1.165, 1.54) is 0 Å². The Morgan fingerprint density at radius 3 is 2.42 bits per heavy atom. The van der Waals surface area contributed by atoms with E-state index in [-0.39, 0.29) is 11.2 Å². The number of rotatable bonds is 3. The molecule has 31 heavy (non-hydrogen) atoms. The summed E-state index contributed by atoms with van der Waals surface area (Å²) < 4.78 is 14.3. The smallest absolute Gasteiger partial charge is 0.178 e. The molecule has 2 aliphatic rings. The average Bonchev–Trinajstić information content (AvgIpc) is 3.25. The van der Waals surface area contributed by atoms with Gasteiger partial charge < -0.3 is 19.5 Å². The molecule has 0 atom stereocenters. The van der Waals surface area contributed by atoms with E-state index in [1.54, 1.807) is 6.07 Å². The molecule has 6 heteroatoms. The Morgan fingerprint density at radius 2 is 1.77 bits per heavy atom. The first kappa shape index (κ1) is 19.9. The van der Waals surface area contributed by atoms with E-state index in [1.807, 2.05) is 54.0 Å². The van der Waals surface area contributed by atoms with E-state index in [4.69, 9.17) is 14.6 Å². The number of hydrogen-bond donors (Lipinski definition) is 1. The molecule has 1 aromatic heterocycles. The maximum Gasteiger partial charge on any atom is 0.178 e. The van der Waals surface area contributed by atoms with Crippen LogP contribution >= 0.6 is 0 Å². The number of fused-ring (bicyclic) bond motifs is 1. The monoisotopic (exact) mass is 417 g/mol. The third-order valence-corrected chi connectivity index (χ3v) is 5.98. The maximum atomic E-state index is 10.5. The SMILES string of the molecule is CN(C)c1c#cc(-c2c3c(nn2-c2ccccc2O)CC2(C3)OCC(C)(C)CO2)cc1. The van der Waals surface area contributed by atoms with Crippen molar-refractivity contribution in [2.24, 2.45) is 5.41 Å². The van der Waals surface area contributed by atoms with Crippen molar-refractivity contribution in [1.29, 1.82) is 0 Å². The molecule has 6 nitrogen and oxygen atoms in total. The zero-order valence-electron chi connectivity index (χ0n) is 18.4. The molecule has 5 rings (SSSR count). The lowest BCUT2D eigenvalue weighted by Crippen LogP contribution is -2.48. The van der Waals surface area contributed by atoms with E-state index in [2.05, 4.69) is 26.0 Å². The fraction of sp³-hybridized carbons (Fsp3) is 0.400. The molecular formula is C25H27N3O3. The third kappa shape index (κ3) is 3.44. The molecule has 0 bridgehead atoms. The van der Waals surface area contributed by atoms with Crippen molar-refractivity contribution in [2.45, 2.75) is 32.5 Å². The molecule has 2 aromatic carbocycles. The molecule has 1 spiro atoms. The van der Waals surface area contributed by atoms with Crippen LogP contribution in [0.5, 0.6) is 5.75 Å². The summed E-state index contributed by atoms with van der Waals surface area (Å²) in [5.41, 5.74) is 5.37. The number of ether oxygens (including phenoxy) is 2. The van der Waals surface area contributed by atoms with Gasteiger partial charge >= 0.3 is 0 Å². The molecule has 1 saturated heterocycles. The quantitative estimate of drug-likeness (QED) is 0.703. The van der Waals surface area contributed by atoms with Gasteiger partial charge in [0.15, 0.2) is 5.79 Å². The highest BCUT2D eigenvalue weighted by Crippen LogP contribution is 2.44. The third-order valence-electron chi connectivity index (χ3n) is 5.98. The van der Waals surface area contributed by atoms with Crippen molar-refractivity contribution < 1.29 is 14.6 Å². The van der Waals surface area contributed by atoms with Crippen LogP contribution in [0.2, 0.25) is 0 Å². The summed E-state index contributed by atoms with van der Waals surface area (Å²) in [5, 5.41) is 15.4. The zero-order valence-corrected chi connectivity index (χ0v) is 18.4. The van der Waals surface area contributed by atoms with Crippen molar-refractivity contribution in [3.8, 4) is 22.7 Å². The van der Waals surface area contributed by atoms with Gasteiger partial charge in [-0.25, -0.2) is 4.68 Å². The first-order valence-electron chi connectivity index (χ1n) is 10.6. The van der Waals surface area contributed by atoms with E-state index in [9.17, 15) is 5.11 Å². The first-order chi connectivity index (χ1) is 14.8.